The van der Waals surface area contributed by atoms with Crippen LogP contribution in [0, 0.1) is 0 Å². The largest absolute Gasteiger partial charge is 0.496 e. The Morgan fingerprint density at radius 1 is 1.00 bits per heavy atom. The molecular weight excluding hydrogens is 300 g/mol. The van der Waals surface area contributed by atoms with E-state index in [2.05, 4.69) is 28.8 Å². The van der Waals surface area contributed by atoms with Crippen LogP contribution in [0.25, 0.3) is 10.8 Å². The van der Waals surface area contributed by atoms with Crippen molar-refractivity contribution in [2.24, 2.45) is 0 Å². The van der Waals surface area contributed by atoms with Crippen LogP contribution in [0.4, 0.5) is 11.4 Å². The Morgan fingerprint density at radius 3 is 2.58 bits per heavy atom. The Morgan fingerprint density at radius 2 is 1.79 bits per heavy atom. The molecule has 0 aliphatic rings. The van der Waals surface area contributed by atoms with E-state index in [-0.39, 0.29) is 5.91 Å². The lowest BCUT2D eigenvalue weighted by atomic mass is 10.0. The van der Waals surface area contributed by atoms with Crippen molar-refractivity contribution in [1.82, 2.24) is 0 Å². The molecule has 2 N–H and O–H groups in total. The van der Waals surface area contributed by atoms with Crippen LogP contribution in [0.5, 0.6) is 5.75 Å². The third kappa shape index (κ3) is 3.49. The number of hydrogen-bond donors (Lipinski definition) is 2. The molecular formula is C20H20N2O2. The molecule has 0 aliphatic carbocycles. The topological polar surface area (TPSA) is 50.4 Å². The van der Waals surface area contributed by atoms with Gasteiger partial charge in [-0.25, -0.2) is 0 Å². The zero-order chi connectivity index (χ0) is 16.9. The maximum absolute atomic E-state index is 11.2. The average Bonchev–Trinajstić information content (AvgIpc) is 2.59. The van der Waals surface area contributed by atoms with Gasteiger partial charge in [0.25, 0.3) is 0 Å². The highest BCUT2D eigenvalue weighted by Crippen LogP contribution is 2.29. The number of nitrogens with one attached hydrogen (secondary N) is 2. The maximum Gasteiger partial charge on any atom is 0.221 e. The molecule has 0 radical (unpaired) electrons. The third-order valence-electron chi connectivity index (χ3n) is 3.87. The van der Waals surface area contributed by atoms with Crippen LogP contribution in [0.1, 0.15) is 12.5 Å². The molecule has 0 heterocycles. The van der Waals surface area contributed by atoms with E-state index >= 15 is 0 Å². The van der Waals surface area contributed by atoms with Gasteiger partial charge in [0.05, 0.1) is 7.11 Å². The molecule has 0 aromatic heterocycles. The van der Waals surface area contributed by atoms with Gasteiger partial charge >= 0.3 is 0 Å². The van der Waals surface area contributed by atoms with E-state index in [4.69, 9.17) is 4.74 Å². The van der Waals surface area contributed by atoms with Crippen LogP contribution in [0.15, 0.2) is 60.7 Å². The summed E-state index contributed by atoms with van der Waals surface area (Å²) in [6.45, 7) is 2.13. The molecule has 3 aromatic carbocycles. The van der Waals surface area contributed by atoms with E-state index in [1.54, 1.807) is 7.11 Å². The number of carbonyl (C=O) groups is 1. The summed E-state index contributed by atoms with van der Waals surface area (Å²) >= 11 is 0. The fraction of sp³-hybridized carbons (Fsp3) is 0.150. The molecule has 1 amide bonds. The molecule has 0 bridgehead atoms. The van der Waals surface area contributed by atoms with Gasteiger partial charge in [-0.3, -0.25) is 4.79 Å². The number of benzene rings is 3. The van der Waals surface area contributed by atoms with Gasteiger partial charge in [-0.2, -0.15) is 0 Å². The van der Waals surface area contributed by atoms with Gasteiger partial charge < -0.3 is 15.4 Å². The monoisotopic (exact) mass is 320 g/mol. The molecule has 3 aromatic rings. The minimum atomic E-state index is -0.0807. The van der Waals surface area contributed by atoms with Gasteiger partial charge in [0, 0.05) is 30.4 Å². The predicted octanol–water partition coefficient (Wildman–Crippen LogP) is 4.42. The fourth-order valence-electron chi connectivity index (χ4n) is 2.79. The van der Waals surface area contributed by atoms with Gasteiger partial charge in [0.15, 0.2) is 0 Å². The molecule has 0 atom stereocenters. The summed E-state index contributed by atoms with van der Waals surface area (Å²) in [6.07, 6.45) is 0. The molecule has 122 valence electrons. The molecule has 0 saturated heterocycles. The molecule has 3 rings (SSSR count). The summed E-state index contributed by atoms with van der Waals surface area (Å²) in [6, 6.07) is 20.0. The number of fused-ring (bicyclic) bond motifs is 1. The lowest BCUT2D eigenvalue weighted by Gasteiger charge is -2.14. The van der Waals surface area contributed by atoms with Gasteiger partial charge in [-0.05, 0) is 35.0 Å². The Balaban J connectivity index is 1.86. The Bertz CT molecular complexity index is 874. The van der Waals surface area contributed by atoms with Crippen LogP contribution in [-0.2, 0) is 11.3 Å². The van der Waals surface area contributed by atoms with Crippen molar-refractivity contribution < 1.29 is 9.53 Å². The highest BCUT2D eigenvalue weighted by atomic mass is 16.5. The second kappa shape index (κ2) is 7.04. The number of carbonyl (C=O) groups excluding carboxylic acids is 1. The highest BCUT2D eigenvalue weighted by Gasteiger charge is 2.08. The van der Waals surface area contributed by atoms with Crippen molar-refractivity contribution in [3.63, 3.8) is 0 Å². The first kappa shape index (κ1) is 15.9. The highest BCUT2D eigenvalue weighted by molar-refractivity contribution is 5.89. The number of methoxy groups -OCH3 is 1. The molecule has 24 heavy (non-hydrogen) atoms. The van der Waals surface area contributed by atoms with Crippen LogP contribution >= 0.6 is 0 Å². The summed E-state index contributed by atoms with van der Waals surface area (Å²) in [5.41, 5.74) is 2.83. The lowest BCUT2D eigenvalue weighted by molar-refractivity contribution is -0.114. The smallest absolute Gasteiger partial charge is 0.221 e. The number of amides is 1. The van der Waals surface area contributed by atoms with Crippen molar-refractivity contribution in [2.75, 3.05) is 17.7 Å². The van der Waals surface area contributed by atoms with E-state index in [1.807, 2.05) is 42.5 Å². The van der Waals surface area contributed by atoms with Crippen molar-refractivity contribution in [2.45, 2.75) is 13.5 Å². The average molecular weight is 320 g/mol. The minimum absolute atomic E-state index is 0.0807. The van der Waals surface area contributed by atoms with Gasteiger partial charge in [0.2, 0.25) is 5.91 Å². The minimum Gasteiger partial charge on any atom is -0.496 e. The Kier molecular flexibility index (Phi) is 4.66. The molecule has 4 heteroatoms. The lowest BCUT2D eigenvalue weighted by Crippen LogP contribution is -2.07. The van der Waals surface area contributed by atoms with Crippen LogP contribution < -0.4 is 15.4 Å². The van der Waals surface area contributed by atoms with Gasteiger partial charge in [0.1, 0.15) is 5.75 Å². The van der Waals surface area contributed by atoms with Crippen LogP contribution in [0.2, 0.25) is 0 Å². The SMILES string of the molecule is COc1ccc2ccccc2c1CNc1cccc(NC(C)=O)c1. The summed E-state index contributed by atoms with van der Waals surface area (Å²) in [5.74, 6) is 0.780. The first-order valence-corrected chi connectivity index (χ1v) is 7.83. The third-order valence-corrected chi connectivity index (χ3v) is 3.87. The zero-order valence-electron chi connectivity index (χ0n) is 13.8. The first-order valence-electron chi connectivity index (χ1n) is 7.83. The Labute approximate surface area is 141 Å². The van der Waals surface area contributed by atoms with Crippen LogP contribution in [-0.4, -0.2) is 13.0 Å². The van der Waals surface area contributed by atoms with Crippen molar-refractivity contribution in [3.05, 3.63) is 66.2 Å². The Hall–Kier alpha value is -3.01. The quantitative estimate of drug-likeness (QED) is 0.731. The predicted molar refractivity (Wildman–Crippen MR) is 98.6 cm³/mol. The van der Waals surface area contributed by atoms with E-state index in [1.165, 1.54) is 17.7 Å². The fourth-order valence-corrected chi connectivity index (χ4v) is 2.79. The number of ether oxygens (including phenoxy) is 1. The van der Waals surface area contributed by atoms with Gasteiger partial charge in [-0.15, -0.1) is 0 Å². The molecule has 0 spiro atoms. The summed E-state index contributed by atoms with van der Waals surface area (Å²) in [4.78, 5) is 11.2. The molecule has 0 fully saturated rings. The summed E-state index contributed by atoms with van der Waals surface area (Å²) < 4.78 is 5.52. The molecule has 0 aliphatic heterocycles. The van der Waals surface area contributed by atoms with E-state index < -0.39 is 0 Å². The van der Waals surface area contributed by atoms with E-state index in [9.17, 15) is 4.79 Å². The van der Waals surface area contributed by atoms with Gasteiger partial charge in [-0.1, -0.05) is 36.4 Å². The number of anilines is 2. The molecule has 4 nitrogen and oxygen atoms in total. The van der Waals surface area contributed by atoms with Crippen molar-refractivity contribution in [1.29, 1.82) is 0 Å². The van der Waals surface area contributed by atoms with Crippen molar-refractivity contribution in [3.8, 4) is 5.75 Å². The van der Waals surface area contributed by atoms with E-state index in [0.717, 1.165) is 22.7 Å². The normalized spacial score (nSPS) is 10.4. The van der Waals surface area contributed by atoms with Crippen molar-refractivity contribution >= 4 is 28.1 Å². The maximum atomic E-state index is 11.2. The zero-order valence-corrected chi connectivity index (χ0v) is 13.8. The number of hydrogen-bond acceptors (Lipinski definition) is 3. The van der Waals surface area contributed by atoms with Crippen LogP contribution in [0.3, 0.4) is 0 Å². The number of rotatable bonds is 5. The van der Waals surface area contributed by atoms with E-state index in [0.29, 0.717) is 6.54 Å². The summed E-state index contributed by atoms with van der Waals surface area (Å²) in [5, 5.41) is 8.55. The second-order valence-corrected chi connectivity index (χ2v) is 5.58. The second-order valence-electron chi connectivity index (χ2n) is 5.58. The standard InChI is InChI=1S/C20H20N2O2/c1-14(23)22-17-8-5-7-16(12-17)21-13-19-18-9-4-3-6-15(18)10-11-20(19)24-2/h3-12,21H,13H2,1-2H3,(H,22,23). The molecule has 0 unspecified atom stereocenters. The summed E-state index contributed by atoms with van der Waals surface area (Å²) in [7, 11) is 1.69. The molecule has 0 saturated carbocycles. The first-order chi connectivity index (χ1) is 11.7.